The van der Waals surface area contributed by atoms with Crippen molar-refractivity contribution in [2.24, 2.45) is 9.98 Å². The van der Waals surface area contributed by atoms with Gasteiger partial charge in [-0.3, -0.25) is 4.99 Å². The molecule has 1 aromatic rings. The molecule has 0 radical (unpaired) electrons. The summed E-state index contributed by atoms with van der Waals surface area (Å²) in [5, 5.41) is 0. The van der Waals surface area contributed by atoms with E-state index in [1.807, 2.05) is 35.2 Å². The third-order valence-electron chi connectivity index (χ3n) is 2.01. The normalized spacial score (nSPS) is 15.5. The van der Waals surface area contributed by atoms with E-state index in [0.29, 0.717) is 12.5 Å². The predicted molar refractivity (Wildman–Crippen MR) is 60.4 cm³/mol. The Morgan fingerprint density at radius 3 is 2.79 bits per heavy atom. The molecular formula is C10H10ClN3. The number of anilines is 1. The minimum atomic E-state index is 0.404. The summed E-state index contributed by atoms with van der Waals surface area (Å²) >= 11 is 5.79. The van der Waals surface area contributed by atoms with Crippen LogP contribution in [0.25, 0.3) is 0 Å². The van der Waals surface area contributed by atoms with E-state index >= 15 is 0 Å². The van der Waals surface area contributed by atoms with Crippen molar-refractivity contribution in [3.8, 4) is 0 Å². The van der Waals surface area contributed by atoms with Crippen LogP contribution in [-0.4, -0.2) is 24.7 Å². The molecule has 0 saturated heterocycles. The highest BCUT2D eigenvalue weighted by atomic mass is 35.5. The highest BCUT2D eigenvalue weighted by Gasteiger charge is 2.13. The largest absolute Gasteiger partial charge is 0.309 e. The second-order valence-corrected chi connectivity index (χ2v) is 3.15. The SMILES string of the molecule is ClCC1=NC=NCN1c1ccccc1. The van der Waals surface area contributed by atoms with Crippen LogP contribution >= 0.6 is 11.6 Å². The van der Waals surface area contributed by atoms with E-state index in [0.717, 1.165) is 11.5 Å². The first-order chi connectivity index (χ1) is 6.92. The molecule has 0 spiro atoms. The maximum atomic E-state index is 5.79. The molecule has 1 aromatic carbocycles. The van der Waals surface area contributed by atoms with Gasteiger partial charge in [-0.25, -0.2) is 4.99 Å². The molecule has 72 valence electrons. The van der Waals surface area contributed by atoms with Gasteiger partial charge in [-0.1, -0.05) is 18.2 Å². The van der Waals surface area contributed by atoms with Crippen molar-refractivity contribution < 1.29 is 0 Å². The Labute approximate surface area is 87.7 Å². The molecule has 0 atom stereocenters. The molecule has 3 nitrogen and oxygen atoms in total. The summed E-state index contributed by atoms with van der Waals surface area (Å²) in [7, 11) is 0. The second-order valence-electron chi connectivity index (χ2n) is 2.88. The van der Waals surface area contributed by atoms with Gasteiger partial charge in [0, 0.05) is 5.69 Å². The van der Waals surface area contributed by atoms with Gasteiger partial charge in [0.1, 0.15) is 18.8 Å². The lowest BCUT2D eigenvalue weighted by atomic mass is 10.3. The van der Waals surface area contributed by atoms with Gasteiger partial charge < -0.3 is 4.90 Å². The van der Waals surface area contributed by atoms with Crippen molar-refractivity contribution in [3.63, 3.8) is 0 Å². The third kappa shape index (κ3) is 1.77. The van der Waals surface area contributed by atoms with Crippen molar-refractivity contribution in [3.05, 3.63) is 30.3 Å². The minimum absolute atomic E-state index is 0.404. The number of hydrogen-bond donors (Lipinski definition) is 0. The molecule has 1 aliphatic heterocycles. The lowest BCUT2D eigenvalue weighted by molar-refractivity contribution is 0.991. The molecule has 0 amide bonds. The van der Waals surface area contributed by atoms with E-state index in [4.69, 9.17) is 11.6 Å². The molecule has 0 unspecified atom stereocenters. The van der Waals surface area contributed by atoms with E-state index in [1.165, 1.54) is 0 Å². The zero-order valence-electron chi connectivity index (χ0n) is 7.60. The van der Waals surface area contributed by atoms with Gasteiger partial charge in [0.25, 0.3) is 0 Å². The summed E-state index contributed by atoms with van der Waals surface area (Å²) in [5.74, 6) is 1.24. The van der Waals surface area contributed by atoms with Gasteiger partial charge in [-0.15, -0.1) is 11.6 Å². The summed E-state index contributed by atoms with van der Waals surface area (Å²) in [4.78, 5) is 10.2. The minimum Gasteiger partial charge on any atom is -0.309 e. The van der Waals surface area contributed by atoms with Crippen LogP contribution in [-0.2, 0) is 0 Å². The van der Waals surface area contributed by atoms with Crippen LogP contribution in [0.1, 0.15) is 0 Å². The molecule has 4 heteroatoms. The molecule has 0 aliphatic carbocycles. The van der Waals surface area contributed by atoms with Crippen LogP contribution in [0, 0.1) is 0 Å². The third-order valence-corrected chi connectivity index (χ3v) is 2.25. The monoisotopic (exact) mass is 207 g/mol. The molecule has 0 saturated carbocycles. The Kier molecular flexibility index (Phi) is 2.79. The van der Waals surface area contributed by atoms with Crippen LogP contribution in [0.4, 0.5) is 5.69 Å². The predicted octanol–water partition coefficient (Wildman–Crippen LogP) is 2.13. The lowest BCUT2D eigenvalue weighted by Gasteiger charge is -2.24. The average molecular weight is 208 g/mol. The summed E-state index contributed by atoms with van der Waals surface area (Å²) in [5.41, 5.74) is 1.07. The fourth-order valence-electron chi connectivity index (χ4n) is 1.32. The van der Waals surface area contributed by atoms with Crippen LogP contribution in [0.2, 0.25) is 0 Å². The molecule has 1 heterocycles. The Balaban J connectivity index is 2.27. The maximum absolute atomic E-state index is 5.79. The van der Waals surface area contributed by atoms with Gasteiger partial charge in [0.15, 0.2) is 0 Å². The summed E-state index contributed by atoms with van der Waals surface area (Å²) < 4.78 is 0. The number of amidine groups is 1. The van der Waals surface area contributed by atoms with Gasteiger partial charge >= 0.3 is 0 Å². The fraction of sp³-hybridized carbons (Fsp3) is 0.200. The Morgan fingerprint density at radius 2 is 2.07 bits per heavy atom. The number of alkyl halides is 1. The summed E-state index contributed by atoms with van der Waals surface area (Å²) in [6.45, 7) is 0.593. The molecule has 0 bridgehead atoms. The van der Waals surface area contributed by atoms with E-state index in [1.54, 1.807) is 6.34 Å². The highest BCUT2D eigenvalue weighted by molar-refractivity contribution is 6.31. The van der Waals surface area contributed by atoms with Crippen molar-refractivity contribution in [1.82, 2.24) is 0 Å². The summed E-state index contributed by atoms with van der Waals surface area (Å²) in [6.07, 6.45) is 1.55. The van der Waals surface area contributed by atoms with E-state index < -0.39 is 0 Å². The summed E-state index contributed by atoms with van der Waals surface area (Å²) in [6, 6.07) is 9.99. The van der Waals surface area contributed by atoms with Crippen LogP contribution in [0.5, 0.6) is 0 Å². The van der Waals surface area contributed by atoms with Crippen molar-refractivity contribution >= 4 is 29.5 Å². The maximum Gasteiger partial charge on any atom is 0.127 e. The Morgan fingerprint density at radius 1 is 1.29 bits per heavy atom. The van der Waals surface area contributed by atoms with Gasteiger partial charge in [-0.05, 0) is 12.1 Å². The Bertz CT molecular complexity index is 359. The quantitative estimate of drug-likeness (QED) is 0.683. The molecule has 0 fully saturated rings. The van der Waals surface area contributed by atoms with Crippen molar-refractivity contribution in [2.45, 2.75) is 0 Å². The number of rotatable bonds is 2. The van der Waals surface area contributed by atoms with Gasteiger partial charge in [0.2, 0.25) is 0 Å². The molecule has 1 aliphatic rings. The van der Waals surface area contributed by atoms with E-state index in [2.05, 4.69) is 9.98 Å². The molecule has 14 heavy (non-hydrogen) atoms. The molecule has 0 N–H and O–H groups in total. The number of benzene rings is 1. The van der Waals surface area contributed by atoms with E-state index in [9.17, 15) is 0 Å². The first kappa shape index (κ1) is 9.21. The fourth-order valence-corrected chi connectivity index (χ4v) is 1.54. The standard InChI is InChI=1S/C10H10ClN3/c11-6-10-13-7-12-8-14(10)9-4-2-1-3-5-9/h1-5,7H,6,8H2. The lowest BCUT2D eigenvalue weighted by Crippen LogP contribution is -2.34. The smallest absolute Gasteiger partial charge is 0.127 e. The molecular weight excluding hydrogens is 198 g/mol. The number of aliphatic imine (C=N–C) groups is 2. The zero-order chi connectivity index (χ0) is 9.80. The van der Waals surface area contributed by atoms with Gasteiger partial charge in [-0.2, -0.15) is 0 Å². The zero-order valence-corrected chi connectivity index (χ0v) is 8.35. The molecule has 0 aromatic heterocycles. The van der Waals surface area contributed by atoms with Crippen molar-refractivity contribution in [1.29, 1.82) is 0 Å². The topological polar surface area (TPSA) is 28.0 Å². The van der Waals surface area contributed by atoms with Crippen LogP contribution < -0.4 is 4.90 Å². The molecule has 2 rings (SSSR count). The van der Waals surface area contributed by atoms with Crippen molar-refractivity contribution in [2.75, 3.05) is 17.4 Å². The van der Waals surface area contributed by atoms with Crippen LogP contribution in [0.3, 0.4) is 0 Å². The number of nitrogens with zero attached hydrogens (tertiary/aromatic N) is 3. The number of para-hydroxylation sites is 1. The second kappa shape index (κ2) is 4.24. The highest BCUT2D eigenvalue weighted by Crippen LogP contribution is 2.15. The first-order valence-electron chi connectivity index (χ1n) is 4.35. The van der Waals surface area contributed by atoms with Crippen LogP contribution in [0.15, 0.2) is 40.3 Å². The average Bonchev–Trinajstić information content (AvgIpc) is 2.30. The van der Waals surface area contributed by atoms with Gasteiger partial charge in [0.05, 0.1) is 5.88 Å². The first-order valence-corrected chi connectivity index (χ1v) is 4.89. The Hall–Kier alpha value is -1.35. The number of halogens is 1. The number of hydrogen-bond acceptors (Lipinski definition) is 3. The van der Waals surface area contributed by atoms with E-state index in [-0.39, 0.29) is 0 Å².